The second-order valence-corrected chi connectivity index (χ2v) is 5.48. The molecule has 5 N–H and O–H groups in total. The van der Waals surface area contributed by atoms with E-state index in [1.807, 2.05) is 0 Å². The van der Waals surface area contributed by atoms with Gasteiger partial charge in [-0.15, -0.1) is 0 Å². The van der Waals surface area contributed by atoms with Crippen molar-refractivity contribution in [2.45, 2.75) is 20.3 Å². The summed E-state index contributed by atoms with van der Waals surface area (Å²) in [7, 11) is 1.58. The summed E-state index contributed by atoms with van der Waals surface area (Å²) in [5.74, 6) is 1.28. The lowest BCUT2D eigenvalue weighted by Crippen LogP contribution is -2.02. The van der Waals surface area contributed by atoms with Gasteiger partial charge >= 0.3 is 0 Å². The number of nitrogens with zero attached hydrogens (tertiary/aromatic N) is 2. The molecule has 0 fully saturated rings. The normalized spacial score (nSPS) is 10.8. The molecule has 0 atom stereocenters. The zero-order valence-corrected chi connectivity index (χ0v) is 13.9. The molecule has 0 saturated heterocycles. The Morgan fingerprint density at radius 1 is 1.38 bits per heavy atom. The second-order valence-electron chi connectivity index (χ2n) is 5.48. The molecule has 24 heavy (non-hydrogen) atoms. The van der Waals surface area contributed by atoms with E-state index in [-0.39, 0.29) is 0 Å². The molecule has 124 valence electrons. The average Bonchev–Trinajstić information content (AvgIpc) is 2.93. The van der Waals surface area contributed by atoms with Gasteiger partial charge in [-0.2, -0.15) is 0 Å². The molecule has 0 unspecified atom stereocenters. The first-order valence-electron chi connectivity index (χ1n) is 7.66. The molecular formula is C17H20N6O. The van der Waals surface area contributed by atoms with E-state index in [4.69, 9.17) is 15.9 Å². The number of aryl methyl sites for hydroxylation is 2. The highest BCUT2D eigenvalue weighted by atomic mass is 16.5. The molecule has 0 aliphatic carbocycles. The number of anilines is 3. The van der Waals surface area contributed by atoms with Crippen molar-refractivity contribution in [2.24, 2.45) is 0 Å². The van der Waals surface area contributed by atoms with Crippen molar-refractivity contribution in [3.63, 3.8) is 0 Å². The van der Waals surface area contributed by atoms with E-state index in [9.17, 15) is 0 Å². The summed E-state index contributed by atoms with van der Waals surface area (Å²) in [6, 6.07) is 3.47. The molecule has 7 nitrogen and oxygen atoms in total. The third-order valence-electron chi connectivity index (χ3n) is 4.11. The highest BCUT2D eigenvalue weighted by molar-refractivity contribution is 5.95. The number of benzene rings is 1. The van der Waals surface area contributed by atoms with Crippen molar-refractivity contribution < 1.29 is 4.74 Å². The van der Waals surface area contributed by atoms with Crippen LogP contribution in [-0.4, -0.2) is 28.3 Å². The van der Waals surface area contributed by atoms with Crippen molar-refractivity contribution in [3.8, 4) is 5.75 Å². The maximum absolute atomic E-state index is 7.48. The molecule has 0 amide bonds. The summed E-state index contributed by atoms with van der Waals surface area (Å²) in [6.07, 6.45) is 3.62. The van der Waals surface area contributed by atoms with E-state index >= 15 is 0 Å². The number of fused-ring (bicyclic) bond motifs is 1. The summed E-state index contributed by atoms with van der Waals surface area (Å²) in [4.78, 5) is 12.0. The number of aromatic nitrogens is 3. The fourth-order valence-electron chi connectivity index (χ4n) is 2.80. The number of ether oxygens (including phenoxy) is 1. The number of rotatable bonds is 5. The van der Waals surface area contributed by atoms with Gasteiger partial charge in [0.05, 0.1) is 18.2 Å². The summed E-state index contributed by atoms with van der Waals surface area (Å²) in [5.41, 5.74) is 10.8. The topological polar surface area (TPSA) is 113 Å². The number of hydrogen-bond donors (Lipinski definition) is 4. The lowest BCUT2D eigenvalue weighted by molar-refractivity contribution is 0.417. The van der Waals surface area contributed by atoms with Crippen LogP contribution in [0.15, 0.2) is 18.5 Å². The van der Waals surface area contributed by atoms with Gasteiger partial charge in [0.15, 0.2) is 0 Å². The van der Waals surface area contributed by atoms with E-state index < -0.39 is 0 Å². The maximum atomic E-state index is 7.48. The average molecular weight is 324 g/mol. The molecule has 2 aromatic heterocycles. The number of nitrogens with two attached hydrogens (primary N) is 1. The predicted molar refractivity (Wildman–Crippen MR) is 96.6 cm³/mol. The molecular weight excluding hydrogens is 304 g/mol. The van der Waals surface area contributed by atoms with Crippen LogP contribution in [0.3, 0.4) is 0 Å². The summed E-state index contributed by atoms with van der Waals surface area (Å²) in [5, 5.41) is 11.7. The van der Waals surface area contributed by atoms with Crippen LogP contribution in [0.1, 0.15) is 23.7 Å². The van der Waals surface area contributed by atoms with Crippen molar-refractivity contribution in [2.75, 3.05) is 18.2 Å². The molecule has 0 spiro atoms. The molecule has 1 aromatic carbocycles. The van der Waals surface area contributed by atoms with E-state index in [1.54, 1.807) is 19.2 Å². The van der Waals surface area contributed by atoms with E-state index in [0.29, 0.717) is 28.5 Å². The van der Waals surface area contributed by atoms with Crippen molar-refractivity contribution in [1.82, 2.24) is 15.0 Å². The number of methoxy groups -OCH3 is 1. The SMILES string of the molecule is CCc1[nH]c2ncnc(Nc3cc(C=N)c(N)cc3OC)c2c1C. The van der Waals surface area contributed by atoms with E-state index in [1.165, 1.54) is 12.5 Å². The number of hydrogen-bond acceptors (Lipinski definition) is 6. The Balaban J connectivity index is 2.13. The highest BCUT2D eigenvalue weighted by Crippen LogP contribution is 2.34. The third-order valence-corrected chi connectivity index (χ3v) is 4.11. The summed E-state index contributed by atoms with van der Waals surface area (Å²) in [6.45, 7) is 4.15. The molecule has 3 rings (SSSR count). The lowest BCUT2D eigenvalue weighted by atomic mass is 10.1. The van der Waals surface area contributed by atoms with Crippen LogP contribution in [0.4, 0.5) is 17.2 Å². The molecule has 2 heterocycles. The monoisotopic (exact) mass is 324 g/mol. The number of H-pyrrole nitrogens is 1. The fraction of sp³-hybridized carbons (Fsp3) is 0.235. The van der Waals surface area contributed by atoms with Gasteiger partial charge in [-0.3, -0.25) is 0 Å². The van der Waals surface area contributed by atoms with Crippen molar-refractivity contribution in [3.05, 3.63) is 35.3 Å². The predicted octanol–water partition coefficient (Wildman–Crippen LogP) is 3.16. The highest BCUT2D eigenvalue weighted by Gasteiger charge is 2.15. The first kappa shape index (κ1) is 15.8. The van der Waals surface area contributed by atoms with E-state index in [2.05, 4.69) is 34.1 Å². The smallest absolute Gasteiger partial charge is 0.144 e. The van der Waals surface area contributed by atoms with Gasteiger partial charge in [-0.25, -0.2) is 9.97 Å². The Labute approximate surface area is 139 Å². The van der Waals surface area contributed by atoms with E-state index in [0.717, 1.165) is 28.7 Å². The second kappa shape index (κ2) is 6.19. The Hall–Kier alpha value is -3.09. The van der Waals surface area contributed by atoms with Gasteiger partial charge in [0.2, 0.25) is 0 Å². The number of nitrogens with one attached hydrogen (secondary N) is 3. The van der Waals surface area contributed by atoms with Crippen LogP contribution >= 0.6 is 0 Å². The van der Waals surface area contributed by atoms with Crippen LogP contribution < -0.4 is 15.8 Å². The Bertz CT molecular complexity index is 915. The minimum absolute atomic E-state index is 0.492. The molecule has 0 bridgehead atoms. The van der Waals surface area contributed by atoms with Crippen LogP contribution in [-0.2, 0) is 6.42 Å². The largest absolute Gasteiger partial charge is 0.494 e. The molecule has 0 aliphatic heterocycles. The van der Waals surface area contributed by atoms with Crippen LogP contribution in [0.2, 0.25) is 0 Å². The minimum atomic E-state index is 0.492. The molecule has 3 aromatic rings. The maximum Gasteiger partial charge on any atom is 0.144 e. The zero-order chi connectivity index (χ0) is 17.3. The molecule has 0 aliphatic rings. The first-order valence-corrected chi connectivity index (χ1v) is 7.66. The lowest BCUT2D eigenvalue weighted by Gasteiger charge is -2.13. The first-order chi connectivity index (χ1) is 11.6. The Kier molecular flexibility index (Phi) is 4.07. The van der Waals surface area contributed by atoms with Crippen molar-refractivity contribution in [1.29, 1.82) is 5.41 Å². The van der Waals surface area contributed by atoms with Gasteiger partial charge in [0.1, 0.15) is 23.5 Å². The fourth-order valence-corrected chi connectivity index (χ4v) is 2.80. The van der Waals surface area contributed by atoms with Gasteiger partial charge < -0.3 is 26.2 Å². The quantitative estimate of drug-likeness (QED) is 0.425. The van der Waals surface area contributed by atoms with Gasteiger partial charge in [-0.05, 0) is 25.0 Å². The minimum Gasteiger partial charge on any atom is -0.494 e. The number of nitrogen functional groups attached to an aromatic ring is 1. The summed E-state index contributed by atoms with van der Waals surface area (Å²) >= 11 is 0. The molecule has 0 saturated carbocycles. The Morgan fingerprint density at radius 3 is 2.83 bits per heavy atom. The van der Waals surface area contributed by atoms with Crippen LogP contribution in [0.25, 0.3) is 11.0 Å². The Morgan fingerprint density at radius 2 is 2.17 bits per heavy atom. The number of aromatic amines is 1. The molecule has 0 radical (unpaired) electrons. The molecule has 7 heteroatoms. The van der Waals surface area contributed by atoms with Gasteiger partial charge in [-0.1, -0.05) is 6.92 Å². The standard InChI is InChI=1S/C17H20N6O/c1-4-12-9(2)15-16(22-12)20-8-21-17(15)23-13-5-10(7-18)11(19)6-14(13)24-3/h5-8,18H,4,19H2,1-3H3,(H2,20,21,22,23). The van der Waals surface area contributed by atoms with Gasteiger partial charge in [0.25, 0.3) is 0 Å². The zero-order valence-electron chi connectivity index (χ0n) is 13.9. The van der Waals surface area contributed by atoms with Crippen LogP contribution in [0, 0.1) is 12.3 Å². The van der Waals surface area contributed by atoms with Crippen molar-refractivity contribution >= 4 is 34.4 Å². The third kappa shape index (κ3) is 2.54. The summed E-state index contributed by atoms with van der Waals surface area (Å²) < 4.78 is 5.40. The van der Waals surface area contributed by atoms with Gasteiger partial charge in [0, 0.05) is 29.2 Å². The van der Waals surface area contributed by atoms with Crippen LogP contribution in [0.5, 0.6) is 5.75 Å².